The van der Waals surface area contributed by atoms with Crippen molar-refractivity contribution in [3.05, 3.63) is 0 Å². The quantitative estimate of drug-likeness (QED) is 0.472. The first-order chi connectivity index (χ1) is 12.7. The molecule has 0 heterocycles. The van der Waals surface area contributed by atoms with Crippen LogP contribution in [0.25, 0.3) is 0 Å². The molecule has 0 spiro atoms. The van der Waals surface area contributed by atoms with E-state index in [1.54, 1.807) is 41.5 Å². The van der Waals surface area contributed by atoms with Crippen molar-refractivity contribution in [2.45, 2.75) is 91.0 Å². The molecule has 9 heteroatoms. The van der Waals surface area contributed by atoms with Gasteiger partial charge < -0.3 is 25.3 Å². The van der Waals surface area contributed by atoms with E-state index in [-0.39, 0.29) is 6.42 Å². The molecule has 3 amide bonds. The van der Waals surface area contributed by atoms with Crippen LogP contribution in [0.15, 0.2) is 0 Å². The van der Waals surface area contributed by atoms with Crippen molar-refractivity contribution >= 4 is 24.4 Å². The van der Waals surface area contributed by atoms with Crippen LogP contribution in [-0.2, 0) is 19.1 Å². The molecule has 0 aliphatic rings. The van der Waals surface area contributed by atoms with E-state index in [1.807, 2.05) is 0 Å². The van der Waals surface area contributed by atoms with Gasteiger partial charge in [0, 0.05) is 0 Å². The minimum absolute atomic E-state index is 0.160. The van der Waals surface area contributed by atoms with E-state index in [9.17, 15) is 19.2 Å². The van der Waals surface area contributed by atoms with Gasteiger partial charge in [-0.05, 0) is 74.3 Å². The number of hydrogen-bond donors (Lipinski definition) is 2. The highest BCUT2D eigenvalue weighted by atomic mass is 16.6. The summed E-state index contributed by atoms with van der Waals surface area (Å²) in [5, 5.41) is 2.48. The van der Waals surface area contributed by atoms with Crippen molar-refractivity contribution in [2.75, 3.05) is 6.54 Å². The topological polar surface area (TPSA) is 128 Å². The number of aldehydes is 1. The fraction of sp³-hybridized carbons (Fsp3) is 0.789. The van der Waals surface area contributed by atoms with Crippen LogP contribution in [0.5, 0.6) is 0 Å². The molecule has 0 saturated heterocycles. The zero-order valence-corrected chi connectivity index (χ0v) is 18.0. The number of nitrogens with zero attached hydrogens (tertiary/aromatic N) is 1. The summed E-state index contributed by atoms with van der Waals surface area (Å²) < 4.78 is 10.6. The second kappa shape index (κ2) is 11.0. The average molecular weight is 402 g/mol. The lowest BCUT2D eigenvalue weighted by molar-refractivity contribution is -0.128. The molecular weight excluding hydrogens is 366 g/mol. The minimum atomic E-state index is -1.20. The lowest BCUT2D eigenvalue weighted by Crippen LogP contribution is -2.55. The second-order valence-corrected chi connectivity index (χ2v) is 8.56. The smallest absolute Gasteiger partial charge is 0.420 e. The third-order valence-electron chi connectivity index (χ3n) is 3.30. The van der Waals surface area contributed by atoms with E-state index in [2.05, 4.69) is 5.32 Å². The minimum Gasteiger partial charge on any atom is -0.443 e. The second-order valence-electron chi connectivity index (χ2n) is 8.56. The molecule has 0 aliphatic carbocycles. The molecule has 0 aromatic rings. The van der Waals surface area contributed by atoms with Gasteiger partial charge in [-0.1, -0.05) is 0 Å². The van der Waals surface area contributed by atoms with Crippen LogP contribution in [-0.4, -0.2) is 59.1 Å². The van der Waals surface area contributed by atoms with Gasteiger partial charge in [0.2, 0.25) is 5.91 Å². The van der Waals surface area contributed by atoms with Gasteiger partial charge >= 0.3 is 12.2 Å². The van der Waals surface area contributed by atoms with Gasteiger partial charge in [-0.2, -0.15) is 4.90 Å². The highest BCUT2D eigenvalue weighted by Gasteiger charge is 2.40. The maximum absolute atomic E-state index is 12.7. The van der Waals surface area contributed by atoms with E-state index < -0.39 is 41.4 Å². The number of rotatable bonds is 8. The van der Waals surface area contributed by atoms with Crippen LogP contribution in [0.1, 0.15) is 67.7 Å². The fourth-order valence-electron chi connectivity index (χ4n) is 2.17. The molecule has 0 saturated carbocycles. The number of amides is 3. The van der Waals surface area contributed by atoms with E-state index in [1.165, 1.54) is 6.92 Å². The Morgan fingerprint density at radius 2 is 1.46 bits per heavy atom. The van der Waals surface area contributed by atoms with Gasteiger partial charge in [0.25, 0.3) is 0 Å². The van der Waals surface area contributed by atoms with Gasteiger partial charge in [0.15, 0.2) is 0 Å². The van der Waals surface area contributed by atoms with Crippen molar-refractivity contribution in [2.24, 2.45) is 5.73 Å². The first kappa shape index (κ1) is 25.8. The van der Waals surface area contributed by atoms with Gasteiger partial charge in [0.1, 0.15) is 23.5 Å². The Hall–Kier alpha value is -2.16. The molecule has 0 aromatic carbocycles. The Balaban J connectivity index is 5.87. The van der Waals surface area contributed by atoms with Gasteiger partial charge in [-0.15, -0.1) is 0 Å². The van der Waals surface area contributed by atoms with Crippen molar-refractivity contribution < 1.29 is 28.7 Å². The number of unbranched alkanes of at least 4 members (excludes halogenated alkanes) is 1. The van der Waals surface area contributed by atoms with Crippen LogP contribution in [0, 0.1) is 0 Å². The molecule has 0 bridgehead atoms. The molecule has 0 rings (SSSR count). The SMILES string of the molecule is C[C@H](C=O)NC(=O)C(CCCCN)N(C(=O)OC(C)(C)C)C(=O)OC(C)(C)C. The molecule has 1 unspecified atom stereocenters. The fourth-order valence-corrected chi connectivity index (χ4v) is 2.17. The zero-order valence-electron chi connectivity index (χ0n) is 18.0. The number of ether oxygens (including phenoxy) is 2. The monoisotopic (exact) mass is 401 g/mol. The molecule has 2 atom stereocenters. The zero-order chi connectivity index (χ0) is 22.1. The van der Waals surface area contributed by atoms with Crippen molar-refractivity contribution in [3.63, 3.8) is 0 Å². The number of carbonyl (C=O) groups is 4. The average Bonchev–Trinajstić information content (AvgIpc) is 2.50. The third-order valence-corrected chi connectivity index (χ3v) is 3.30. The predicted octanol–water partition coefficient (Wildman–Crippen LogP) is 2.36. The third kappa shape index (κ3) is 10.2. The Bertz CT molecular complexity index is 523. The van der Waals surface area contributed by atoms with E-state index in [4.69, 9.17) is 15.2 Å². The number of hydrogen-bond acceptors (Lipinski definition) is 7. The molecule has 0 fully saturated rings. The summed E-state index contributed by atoms with van der Waals surface area (Å²) in [6, 6.07) is -1.97. The first-order valence-corrected chi connectivity index (χ1v) is 9.42. The molecule has 162 valence electrons. The molecule has 0 radical (unpaired) electrons. The van der Waals surface area contributed by atoms with E-state index in [0.717, 1.165) is 0 Å². The van der Waals surface area contributed by atoms with Crippen LogP contribution in [0.4, 0.5) is 9.59 Å². The predicted molar refractivity (Wildman–Crippen MR) is 105 cm³/mol. The summed E-state index contributed by atoms with van der Waals surface area (Å²) in [4.78, 5) is 49.8. The molecule has 0 aromatic heterocycles. The van der Waals surface area contributed by atoms with E-state index >= 15 is 0 Å². The lowest BCUT2D eigenvalue weighted by Gasteiger charge is -2.33. The van der Waals surface area contributed by atoms with Crippen LogP contribution in [0.3, 0.4) is 0 Å². The molecule has 3 N–H and O–H groups in total. The summed E-state index contributed by atoms with van der Waals surface area (Å²) >= 11 is 0. The number of carbonyl (C=O) groups excluding carboxylic acids is 4. The highest BCUT2D eigenvalue weighted by molar-refractivity contribution is 5.96. The Kier molecular flexibility index (Phi) is 10.1. The van der Waals surface area contributed by atoms with Gasteiger partial charge in [-0.25, -0.2) is 9.59 Å². The normalized spacial score (nSPS) is 13.9. The summed E-state index contributed by atoms with van der Waals surface area (Å²) in [7, 11) is 0. The maximum Gasteiger partial charge on any atom is 0.420 e. The molecule has 0 aliphatic heterocycles. The summed E-state index contributed by atoms with van der Waals surface area (Å²) in [5.41, 5.74) is 3.75. The van der Waals surface area contributed by atoms with Gasteiger partial charge in [-0.3, -0.25) is 4.79 Å². The number of nitrogens with one attached hydrogen (secondary N) is 1. The summed E-state index contributed by atoms with van der Waals surface area (Å²) in [6.07, 6.45) is -0.176. The Labute approximate surface area is 167 Å². The first-order valence-electron chi connectivity index (χ1n) is 9.42. The lowest BCUT2D eigenvalue weighted by atomic mass is 10.1. The van der Waals surface area contributed by atoms with Crippen molar-refractivity contribution in [1.82, 2.24) is 10.2 Å². The standard InChI is InChI=1S/C19H35N3O6/c1-13(12-23)21-15(24)14(10-8-9-11-20)22(16(25)27-18(2,3)4)17(26)28-19(5,6)7/h12-14H,8-11,20H2,1-7H3,(H,21,24)/t13-,14?/m1/s1. The van der Waals surface area contributed by atoms with Crippen LogP contribution < -0.4 is 11.1 Å². The van der Waals surface area contributed by atoms with Crippen LogP contribution in [0.2, 0.25) is 0 Å². The van der Waals surface area contributed by atoms with Crippen molar-refractivity contribution in [1.29, 1.82) is 0 Å². The Morgan fingerprint density at radius 3 is 1.82 bits per heavy atom. The maximum atomic E-state index is 12.7. The van der Waals surface area contributed by atoms with E-state index in [0.29, 0.717) is 30.6 Å². The summed E-state index contributed by atoms with van der Waals surface area (Å²) in [6.45, 7) is 11.8. The number of imide groups is 1. The van der Waals surface area contributed by atoms with Gasteiger partial charge in [0.05, 0.1) is 6.04 Å². The van der Waals surface area contributed by atoms with Crippen LogP contribution >= 0.6 is 0 Å². The summed E-state index contributed by atoms with van der Waals surface area (Å²) in [5.74, 6) is -0.645. The molecular formula is C19H35N3O6. The molecule has 28 heavy (non-hydrogen) atoms. The highest BCUT2D eigenvalue weighted by Crippen LogP contribution is 2.19. The van der Waals surface area contributed by atoms with Crippen molar-refractivity contribution in [3.8, 4) is 0 Å². The number of nitrogens with two attached hydrogens (primary N) is 1. The Morgan fingerprint density at radius 1 is 1.00 bits per heavy atom. The molecule has 9 nitrogen and oxygen atoms in total. The largest absolute Gasteiger partial charge is 0.443 e.